The van der Waals surface area contributed by atoms with Crippen LogP contribution in [0.3, 0.4) is 0 Å². The molecule has 4 N–H and O–H groups in total. The summed E-state index contributed by atoms with van der Waals surface area (Å²) in [5.74, 6) is 0. The molecule has 0 heterocycles. The van der Waals surface area contributed by atoms with Gasteiger partial charge < -0.3 is 11.5 Å². The van der Waals surface area contributed by atoms with Crippen LogP contribution in [0.2, 0.25) is 0 Å². The van der Waals surface area contributed by atoms with Crippen LogP contribution in [0.1, 0.15) is 20.8 Å². The van der Waals surface area contributed by atoms with E-state index in [4.69, 9.17) is 11.5 Å². The summed E-state index contributed by atoms with van der Waals surface area (Å²) in [5, 5.41) is 0. The summed E-state index contributed by atoms with van der Waals surface area (Å²) < 4.78 is 0. The molecule has 2 heteroatoms. The molecule has 0 rings (SSSR count). The molecule has 50 valence electrons. The SMILES string of the molecule is CC(N)C(C)(C)CN. The first kappa shape index (κ1) is 7.92. The fourth-order valence-electron chi connectivity index (χ4n) is 0.186. The summed E-state index contributed by atoms with van der Waals surface area (Å²) in [6.07, 6.45) is 0. The van der Waals surface area contributed by atoms with Gasteiger partial charge in [0.2, 0.25) is 0 Å². The molecule has 8 heavy (non-hydrogen) atoms. The van der Waals surface area contributed by atoms with Crippen LogP contribution in [0.5, 0.6) is 0 Å². The van der Waals surface area contributed by atoms with Crippen LogP contribution in [-0.4, -0.2) is 12.6 Å². The van der Waals surface area contributed by atoms with Gasteiger partial charge in [-0.2, -0.15) is 0 Å². The van der Waals surface area contributed by atoms with Gasteiger partial charge in [0, 0.05) is 6.04 Å². The third kappa shape index (κ3) is 1.80. The molecule has 0 aliphatic heterocycles. The van der Waals surface area contributed by atoms with Gasteiger partial charge in [-0.1, -0.05) is 13.8 Å². The number of rotatable bonds is 2. The molecular formula is C6H16N2. The van der Waals surface area contributed by atoms with Crippen molar-refractivity contribution in [2.45, 2.75) is 26.8 Å². The highest BCUT2D eigenvalue weighted by Crippen LogP contribution is 2.15. The number of hydrogen-bond acceptors (Lipinski definition) is 2. The second kappa shape index (κ2) is 2.46. The lowest BCUT2D eigenvalue weighted by atomic mass is 9.86. The van der Waals surface area contributed by atoms with Crippen molar-refractivity contribution in [2.75, 3.05) is 6.54 Å². The minimum atomic E-state index is 0.0972. The normalized spacial score (nSPS) is 16.1. The Balaban J connectivity index is 3.71. The quantitative estimate of drug-likeness (QED) is 0.546. The van der Waals surface area contributed by atoms with E-state index >= 15 is 0 Å². The van der Waals surface area contributed by atoms with Crippen molar-refractivity contribution in [3.63, 3.8) is 0 Å². The van der Waals surface area contributed by atoms with E-state index in [9.17, 15) is 0 Å². The van der Waals surface area contributed by atoms with Gasteiger partial charge in [-0.15, -0.1) is 0 Å². The lowest BCUT2D eigenvalue weighted by Crippen LogP contribution is -2.40. The van der Waals surface area contributed by atoms with Gasteiger partial charge in [0.05, 0.1) is 0 Å². The lowest BCUT2D eigenvalue weighted by Gasteiger charge is -2.26. The van der Waals surface area contributed by atoms with E-state index in [1.54, 1.807) is 0 Å². The van der Waals surface area contributed by atoms with Crippen molar-refractivity contribution in [1.29, 1.82) is 0 Å². The Morgan fingerprint density at radius 2 is 1.88 bits per heavy atom. The second-order valence-corrected chi connectivity index (χ2v) is 2.98. The van der Waals surface area contributed by atoms with Crippen LogP contribution in [0.25, 0.3) is 0 Å². The van der Waals surface area contributed by atoms with Crippen molar-refractivity contribution in [2.24, 2.45) is 16.9 Å². The third-order valence-electron chi connectivity index (χ3n) is 1.76. The van der Waals surface area contributed by atoms with Crippen LogP contribution < -0.4 is 11.5 Å². The van der Waals surface area contributed by atoms with Crippen molar-refractivity contribution in [3.05, 3.63) is 0 Å². The molecule has 0 amide bonds. The highest BCUT2D eigenvalue weighted by molar-refractivity contribution is 4.77. The monoisotopic (exact) mass is 116 g/mol. The maximum Gasteiger partial charge on any atom is 0.00737 e. The Labute approximate surface area is 51.2 Å². The summed E-state index contributed by atoms with van der Waals surface area (Å²) in [5.41, 5.74) is 11.1. The standard InChI is InChI=1S/C6H16N2/c1-5(8)6(2,3)4-7/h5H,4,7-8H2,1-3H3. The molecule has 0 aromatic rings. The molecule has 0 radical (unpaired) electrons. The Bertz CT molecular complexity index is 66.9. The highest BCUT2D eigenvalue weighted by Gasteiger charge is 2.19. The smallest absolute Gasteiger partial charge is 0.00737 e. The van der Waals surface area contributed by atoms with E-state index in [-0.39, 0.29) is 11.5 Å². The van der Waals surface area contributed by atoms with Gasteiger partial charge in [-0.3, -0.25) is 0 Å². The van der Waals surface area contributed by atoms with E-state index in [1.165, 1.54) is 0 Å². The molecule has 0 aliphatic rings. The Morgan fingerprint density at radius 3 is 1.88 bits per heavy atom. The molecule has 0 spiro atoms. The van der Waals surface area contributed by atoms with E-state index < -0.39 is 0 Å². The topological polar surface area (TPSA) is 52.0 Å². The summed E-state index contributed by atoms with van der Waals surface area (Å²) in [4.78, 5) is 0. The van der Waals surface area contributed by atoms with Crippen LogP contribution in [0.15, 0.2) is 0 Å². The average molecular weight is 116 g/mol. The van der Waals surface area contributed by atoms with Crippen molar-refractivity contribution in [1.82, 2.24) is 0 Å². The molecule has 2 nitrogen and oxygen atoms in total. The maximum absolute atomic E-state index is 5.60. The molecule has 0 aliphatic carbocycles. The van der Waals surface area contributed by atoms with E-state index in [0.717, 1.165) is 0 Å². The fraction of sp³-hybridized carbons (Fsp3) is 1.00. The summed E-state index contributed by atoms with van der Waals surface area (Å²) >= 11 is 0. The second-order valence-electron chi connectivity index (χ2n) is 2.98. The predicted molar refractivity (Wildman–Crippen MR) is 36.5 cm³/mol. The number of hydrogen-bond donors (Lipinski definition) is 2. The maximum atomic E-state index is 5.60. The van der Waals surface area contributed by atoms with Gasteiger partial charge in [0.25, 0.3) is 0 Å². The molecular weight excluding hydrogens is 100 g/mol. The van der Waals surface area contributed by atoms with Gasteiger partial charge >= 0.3 is 0 Å². The van der Waals surface area contributed by atoms with Crippen molar-refractivity contribution in [3.8, 4) is 0 Å². The van der Waals surface area contributed by atoms with Gasteiger partial charge in [-0.25, -0.2) is 0 Å². The molecule has 0 saturated carbocycles. The lowest BCUT2D eigenvalue weighted by molar-refractivity contribution is 0.313. The Morgan fingerprint density at radius 1 is 1.50 bits per heavy atom. The van der Waals surface area contributed by atoms with Crippen molar-refractivity contribution < 1.29 is 0 Å². The summed E-state index contributed by atoms with van der Waals surface area (Å²) in [7, 11) is 0. The number of nitrogens with two attached hydrogens (primary N) is 2. The van der Waals surface area contributed by atoms with Gasteiger partial charge in [0.15, 0.2) is 0 Å². The largest absolute Gasteiger partial charge is 0.330 e. The first-order chi connectivity index (χ1) is 3.50. The van der Waals surface area contributed by atoms with E-state index in [2.05, 4.69) is 13.8 Å². The van der Waals surface area contributed by atoms with Crippen LogP contribution >= 0.6 is 0 Å². The van der Waals surface area contributed by atoms with E-state index in [0.29, 0.717) is 6.54 Å². The summed E-state index contributed by atoms with van der Waals surface area (Å²) in [6.45, 7) is 6.77. The van der Waals surface area contributed by atoms with E-state index in [1.807, 2.05) is 6.92 Å². The predicted octanol–water partition coefficient (Wildman–Crippen LogP) is 0.319. The third-order valence-corrected chi connectivity index (χ3v) is 1.76. The fourth-order valence-corrected chi connectivity index (χ4v) is 0.186. The minimum Gasteiger partial charge on any atom is -0.330 e. The molecule has 0 aromatic heterocycles. The summed E-state index contributed by atoms with van der Waals surface area (Å²) in [6, 6.07) is 0.187. The molecule has 0 aromatic carbocycles. The van der Waals surface area contributed by atoms with Crippen molar-refractivity contribution >= 4 is 0 Å². The highest BCUT2D eigenvalue weighted by atomic mass is 14.7. The van der Waals surface area contributed by atoms with Gasteiger partial charge in [-0.05, 0) is 18.9 Å². The molecule has 1 unspecified atom stereocenters. The van der Waals surface area contributed by atoms with Crippen LogP contribution in [0.4, 0.5) is 0 Å². The first-order valence-corrected chi connectivity index (χ1v) is 2.96. The minimum absolute atomic E-state index is 0.0972. The molecule has 0 saturated heterocycles. The zero-order valence-corrected chi connectivity index (χ0v) is 5.94. The average Bonchev–Trinajstić information content (AvgIpc) is 1.67. The Kier molecular flexibility index (Phi) is 2.44. The molecule has 1 atom stereocenters. The molecule has 0 bridgehead atoms. The Hall–Kier alpha value is -0.0800. The van der Waals surface area contributed by atoms with Crippen LogP contribution in [0, 0.1) is 5.41 Å². The first-order valence-electron chi connectivity index (χ1n) is 2.96. The van der Waals surface area contributed by atoms with Crippen LogP contribution in [-0.2, 0) is 0 Å². The molecule has 0 fully saturated rings. The zero-order valence-electron chi connectivity index (χ0n) is 5.94. The zero-order chi connectivity index (χ0) is 6.78. The van der Waals surface area contributed by atoms with Gasteiger partial charge in [0.1, 0.15) is 0 Å².